The molecule has 6 heteroatoms. The fraction of sp³-hybridized carbons (Fsp3) is 0.222. The van der Waals surface area contributed by atoms with Gasteiger partial charge in [-0.1, -0.05) is 6.07 Å². The van der Waals surface area contributed by atoms with Crippen LogP contribution < -0.4 is 5.73 Å². The fourth-order valence-electron chi connectivity index (χ4n) is 3.58. The first-order valence-electron chi connectivity index (χ1n) is 7.76. The molecule has 1 aromatic carbocycles. The highest BCUT2D eigenvalue weighted by Gasteiger charge is 2.32. The van der Waals surface area contributed by atoms with Gasteiger partial charge in [0.1, 0.15) is 5.75 Å². The average Bonchev–Trinajstić information content (AvgIpc) is 2.88. The number of rotatable bonds is 2. The van der Waals surface area contributed by atoms with Crippen LogP contribution >= 0.6 is 0 Å². The fourth-order valence-corrected chi connectivity index (χ4v) is 3.58. The van der Waals surface area contributed by atoms with E-state index in [1.165, 1.54) is 0 Å². The third-order valence-corrected chi connectivity index (χ3v) is 4.81. The number of hydrogen-bond acceptors (Lipinski definition) is 4. The molecule has 2 aromatic heterocycles. The number of aryl methyl sites for hydroxylation is 1. The molecule has 1 aliphatic heterocycles. The number of aromatic nitrogens is 2. The molecular weight excluding hydrogens is 304 g/mol. The van der Waals surface area contributed by atoms with E-state index in [0.29, 0.717) is 17.7 Å². The molecule has 122 valence electrons. The normalized spacial score (nSPS) is 13.8. The summed E-state index contributed by atoms with van der Waals surface area (Å²) in [5.74, 6) is 0.146. The Morgan fingerprint density at radius 1 is 1.38 bits per heavy atom. The van der Waals surface area contributed by atoms with Crippen molar-refractivity contribution in [3.8, 4) is 16.9 Å². The number of nitrogens with two attached hydrogens (primary N) is 1. The zero-order valence-corrected chi connectivity index (χ0v) is 13.6. The van der Waals surface area contributed by atoms with E-state index in [1.54, 1.807) is 24.3 Å². The van der Waals surface area contributed by atoms with Crippen LogP contribution in [0.5, 0.6) is 5.75 Å². The van der Waals surface area contributed by atoms with E-state index in [2.05, 4.69) is 4.98 Å². The number of aromatic hydroxyl groups is 1. The molecule has 1 amide bonds. The van der Waals surface area contributed by atoms with E-state index in [9.17, 15) is 9.90 Å². The summed E-state index contributed by atoms with van der Waals surface area (Å²) in [5, 5.41) is 11.7. The van der Waals surface area contributed by atoms with Crippen molar-refractivity contribution in [3.63, 3.8) is 0 Å². The van der Waals surface area contributed by atoms with Crippen LogP contribution in [0.2, 0.25) is 0 Å². The molecule has 0 saturated carbocycles. The quantitative estimate of drug-likeness (QED) is 0.756. The van der Waals surface area contributed by atoms with Gasteiger partial charge in [-0.25, -0.2) is 0 Å². The minimum Gasteiger partial charge on any atom is -0.507 e. The van der Waals surface area contributed by atoms with E-state index in [4.69, 9.17) is 5.73 Å². The summed E-state index contributed by atoms with van der Waals surface area (Å²) < 4.78 is 1.95. The molecule has 0 fully saturated rings. The maximum absolute atomic E-state index is 12.6. The lowest BCUT2D eigenvalue weighted by molar-refractivity contribution is 0.0778. The third-order valence-electron chi connectivity index (χ3n) is 4.81. The number of pyridine rings is 1. The highest BCUT2D eigenvalue weighted by molar-refractivity contribution is 6.13. The SMILES string of the molecule is CN1Cc2c(O)c(-c3cccnc3)cc3c2c(c(CN)n3C)C1=O. The minimum absolute atomic E-state index is 0.0536. The molecule has 3 heterocycles. The number of carbonyl (C=O) groups excluding carboxylic acids is 1. The van der Waals surface area contributed by atoms with Gasteiger partial charge in [0.05, 0.1) is 11.1 Å². The van der Waals surface area contributed by atoms with Crippen LogP contribution in [0, 0.1) is 0 Å². The molecule has 24 heavy (non-hydrogen) atoms. The summed E-state index contributed by atoms with van der Waals surface area (Å²) in [6.07, 6.45) is 3.42. The molecule has 0 bridgehead atoms. The topological polar surface area (TPSA) is 84.4 Å². The summed E-state index contributed by atoms with van der Waals surface area (Å²) in [5.41, 5.74) is 10.5. The Balaban J connectivity index is 2.14. The van der Waals surface area contributed by atoms with Gasteiger partial charge in [-0.2, -0.15) is 0 Å². The molecule has 3 N–H and O–H groups in total. The molecule has 0 atom stereocenters. The van der Waals surface area contributed by atoms with E-state index in [0.717, 1.165) is 27.7 Å². The lowest BCUT2D eigenvalue weighted by atomic mass is 9.94. The second-order valence-electron chi connectivity index (χ2n) is 6.13. The Labute approximate surface area is 139 Å². The first-order chi connectivity index (χ1) is 11.5. The van der Waals surface area contributed by atoms with E-state index in [-0.39, 0.29) is 18.2 Å². The van der Waals surface area contributed by atoms with Crippen molar-refractivity contribution < 1.29 is 9.90 Å². The van der Waals surface area contributed by atoms with Crippen molar-refractivity contribution in [3.05, 3.63) is 47.4 Å². The van der Waals surface area contributed by atoms with Crippen LogP contribution in [0.1, 0.15) is 21.6 Å². The molecule has 0 spiro atoms. The Morgan fingerprint density at radius 3 is 2.83 bits per heavy atom. The van der Waals surface area contributed by atoms with Gasteiger partial charge < -0.3 is 20.3 Å². The van der Waals surface area contributed by atoms with Gasteiger partial charge in [-0.15, -0.1) is 0 Å². The lowest BCUT2D eigenvalue weighted by Gasteiger charge is -2.25. The zero-order chi connectivity index (χ0) is 17.0. The van der Waals surface area contributed by atoms with Gasteiger partial charge in [0.2, 0.25) is 0 Å². The largest absolute Gasteiger partial charge is 0.507 e. The second kappa shape index (κ2) is 5.07. The van der Waals surface area contributed by atoms with Crippen LogP contribution in [-0.2, 0) is 20.1 Å². The Bertz CT molecular complexity index is 976. The van der Waals surface area contributed by atoms with E-state index in [1.807, 2.05) is 29.8 Å². The van der Waals surface area contributed by atoms with Crippen LogP contribution in [0.25, 0.3) is 22.0 Å². The molecule has 0 aliphatic carbocycles. The monoisotopic (exact) mass is 322 g/mol. The Kier molecular flexibility index (Phi) is 3.11. The summed E-state index contributed by atoms with van der Waals surface area (Å²) >= 11 is 0. The lowest BCUT2D eigenvalue weighted by Crippen LogP contribution is -2.30. The van der Waals surface area contributed by atoms with Gasteiger partial charge in [0.15, 0.2) is 0 Å². The molecule has 3 aromatic rings. The number of benzene rings is 1. The molecule has 0 unspecified atom stereocenters. The summed E-state index contributed by atoms with van der Waals surface area (Å²) in [6, 6.07) is 5.65. The highest BCUT2D eigenvalue weighted by atomic mass is 16.3. The number of carbonyl (C=O) groups is 1. The Morgan fingerprint density at radius 2 is 2.17 bits per heavy atom. The van der Waals surface area contributed by atoms with Crippen molar-refractivity contribution in [2.45, 2.75) is 13.1 Å². The average molecular weight is 322 g/mol. The van der Waals surface area contributed by atoms with Crippen molar-refractivity contribution in [1.29, 1.82) is 0 Å². The smallest absolute Gasteiger partial charge is 0.256 e. The zero-order valence-electron chi connectivity index (χ0n) is 13.6. The maximum Gasteiger partial charge on any atom is 0.256 e. The van der Waals surface area contributed by atoms with Gasteiger partial charge in [-0.05, 0) is 12.1 Å². The molecular formula is C18H18N4O2. The molecule has 1 aliphatic rings. The summed E-state index contributed by atoms with van der Waals surface area (Å²) in [7, 11) is 3.64. The van der Waals surface area contributed by atoms with Crippen molar-refractivity contribution >= 4 is 16.8 Å². The van der Waals surface area contributed by atoms with Crippen molar-refractivity contribution in [2.24, 2.45) is 12.8 Å². The number of phenolic OH excluding ortho intramolecular Hbond substituents is 1. The molecule has 6 nitrogen and oxygen atoms in total. The number of nitrogens with zero attached hydrogens (tertiary/aromatic N) is 3. The van der Waals surface area contributed by atoms with Crippen LogP contribution in [0.15, 0.2) is 30.6 Å². The molecule has 0 radical (unpaired) electrons. The number of amides is 1. The van der Waals surface area contributed by atoms with Gasteiger partial charge in [-0.3, -0.25) is 9.78 Å². The Hall–Kier alpha value is -2.86. The number of hydrogen-bond donors (Lipinski definition) is 2. The minimum atomic E-state index is -0.0536. The molecule has 0 saturated heterocycles. The first kappa shape index (κ1) is 14.7. The van der Waals surface area contributed by atoms with Gasteiger partial charge in [0, 0.05) is 67.3 Å². The van der Waals surface area contributed by atoms with E-state index < -0.39 is 0 Å². The van der Waals surface area contributed by atoms with Crippen LogP contribution in [0.4, 0.5) is 0 Å². The van der Waals surface area contributed by atoms with Crippen molar-refractivity contribution in [2.75, 3.05) is 7.05 Å². The van der Waals surface area contributed by atoms with Crippen LogP contribution in [-0.4, -0.2) is 32.5 Å². The first-order valence-corrected chi connectivity index (χ1v) is 7.76. The predicted molar refractivity (Wildman–Crippen MR) is 91.5 cm³/mol. The van der Waals surface area contributed by atoms with E-state index >= 15 is 0 Å². The maximum atomic E-state index is 12.6. The number of phenols is 1. The van der Waals surface area contributed by atoms with Crippen molar-refractivity contribution in [1.82, 2.24) is 14.5 Å². The third kappa shape index (κ3) is 1.80. The second-order valence-corrected chi connectivity index (χ2v) is 6.13. The standard InChI is InChI=1S/C18H18N4O2/c1-21-9-12-15-13(22(2)14(7-19)16(15)18(21)24)6-11(17(12)23)10-4-3-5-20-8-10/h3-6,8,23H,7,9,19H2,1-2H3. The predicted octanol–water partition coefficient (Wildman–Crippen LogP) is 1.99. The van der Waals surface area contributed by atoms with Gasteiger partial charge >= 0.3 is 0 Å². The van der Waals surface area contributed by atoms with Gasteiger partial charge in [0.25, 0.3) is 5.91 Å². The summed E-state index contributed by atoms with van der Waals surface area (Å²) in [6.45, 7) is 0.638. The van der Waals surface area contributed by atoms with Crippen LogP contribution in [0.3, 0.4) is 0 Å². The highest BCUT2D eigenvalue weighted by Crippen LogP contribution is 2.43. The summed E-state index contributed by atoms with van der Waals surface area (Å²) in [4.78, 5) is 18.4. The molecule has 4 rings (SSSR count).